The quantitative estimate of drug-likeness (QED) is 0.143. The third-order valence-corrected chi connectivity index (χ3v) is 12.4. The molecule has 11 rings (SSSR count). The Kier molecular flexibility index (Phi) is 10.2. The van der Waals surface area contributed by atoms with E-state index in [9.17, 15) is 0 Å². The molecule has 0 aliphatic carbocycles. The molecule has 10 aromatic rings. The van der Waals surface area contributed by atoms with E-state index in [2.05, 4.69) is 231 Å². The maximum atomic E-state index is 5.62. The molecule has 0 spiro atoms. The molecule has 10 aromatic carbocycles. The van der Waals surface area contributed by atoms with Crippen LogP contribution in [0.25, 0.3) is 82.5 Å². The van der Waals surface area contributed by atoms with Crippen LogP contribution >= 0.6 is 0 Å². The van der Waals surface area contributed by atoms with Gasteiger partial charge < -0.3 is 0 Å². The van der Waals surface area contributed by atoms with E-state index in [1.807, 2.05) is 0 Å². The van der Waals surface area contributed by atoms with Gasteiger partial charge in [-0.15, -0.1) is 0 Å². The first kappa shape index (κ1) is 38.0. The topological polar surface area (TPSA) is 24.7 Å². The Balaban J connectivity index is 1.15. The molecule has 298 valence electrons. The lowest BCUT2D eigenvalue weighted by Gasteiger charge is -2.18. The third kappa shape index (κ3) is 7.58. The van der Waals surface area contributed by atoms with Crippen LogP contribution in [0.15, 0.2) is 241 Å². The van der Waals surface area contributed by atoms with E-state index >= 15 is 0 Å². The summed E-state index contributed by atoms with van der Waals surface area (Å²) in [4.78, 5) is 11.0. The molecule has 0 bridgehead atoms. The van der Waals surface area contributed by atoms with Crippen molar-refractivity contribution in [2.24, 2.45) is 9.98 Å². The summed E-state index contributed by atoms with van der Waals surface area (Å²) in [6.45, 7) is 0. The molecule has 0 aromatic heterocycles. The molecular formula is C61H44N2. The van der Waals surface area contributed by atoms with Crippen molar-refractivity contribution in [3.05, 3.63) is 247 Å². The normalized spacial score (nSPS) is 13.2. The fourth-order valence-corrected chi connectivity index (χ4v) is 9.27. The van der Waals surface area contributed by atoms with Gasteiger partial charge in [-0.05, 0) is 138 Å². The van der Waals surface area contributed by atoms with E-state index in [1.54, 1.807) is 0 Å². The summed E-state index contributed by atoms with van der Waals surface area (Å²) in [6, 6.07) is 81.0. The van der Waals surface area contributed by atoms with Crippen molar-refractivity contribution in [2.75, 3.05) is 0 Å². The number of aliphatic imine (C=N–C) groups is 2. The molecular weight excluding hydrogens is 761 g/mol. The second kappa shape index (κ2) is 16.8. The van der Waals surface area contributed by atoms with Gasteiger partial charge >= 0.3 is 0 Å². The molecule has 63 heavy (non-hydrogen) atoms. The number of rotatable bonds is 7. The van der Waals surface area contributed by atoms with E-state index < -0.39 is 0 Å². The SMILES string of the molecule is C1=C(c2cc(-c3cccc(-c4cc(-c5ccccc5)cc(-c5ccccc5)c4)c3)cc3c4ccccc4c4ccccc4c23)N=C(c2ccccc2)N=C(c2ccccc2)CCC1. The Bertz CT molecular complexity index is 3320. The fraction of sp³-hybridized carbons (Fsp3) is 0.0492. The van der Waals surface area contributed by atoms with Gasteiger partial charge in [-0.3, -0.25) is 0 Å². The van der Waals surface area contributed by atoms with Gasteiger partial charge in [-0.25, -0.2) is 9.98 Å². The van der Waals surface area contributed by atoms with Gasteiger partial charge in [0.2, 0.25) is 0 Å². The summed E-state index contributed by atoms with van der Waals surface area (Å²) < 4.78 is 0. The average Bonchev–Trinajstić information content (AvgIpc) is 3.48. The number of fused-ring (bicyclic) bond motifs is 6. The first-order valence-electron chi connectivity index (χ1n) is 22.0. The van der Waals surface area contributed by atoms with Gasteiger partial charge in [0.05, 0.1) is 11.4 Å². The lowest BCUT2D eigenvalue weighted by Crippen LogP contribution is -2.07. The summed E-state index contributed by atoms with van der Waals surface area (Å²) in [6.07, 6.45) is 5.05. The highest BCUT2D eigenvalue weighted by molar-refractivity contribution is 6.28. The minimum Gasteiger partial charge on any atom is -0.233 e. The highest BCUT2D eigenvalue weighted by Crippen LogP contribution is 2.43. The lowest BCUT2D eigenvalue weighted by atomic mass is 9.87. The van der Waals surface area contributed by atoms with Crippen LogP contribution in [-0.2, 0) is 0 Å². The molecule has 1 aliphatic rings. The van der Waals surface area contributed by atoms with Crippen LogP contribution in [0, 0.1) is 0 Å². The Hall–Kier alpha value is -7.94. The van der Waals surface area contributed by atoms with Crippen LogP contribution in [0.4, 0.5) is 0 Å². The number of hydrogen-bond donors (Lipinski definition) is 0. The summed E-state index contributed by atoms with van der Waals surface area (Å²) in [5.74, 6) is 0.723. The van der Waals surface area contributed by atoms with E-state index in [1.165, 1.54) is 65.7 Å². The molecule has 0 N–H and O–H groups in total. The Labute approximate surface area is 368 Å². The van der Waals surface area contributed by atoms with Crippen LogP contribution < -0.4 is 0 Å². The molecule has 0 radical (unpaired) electrons. The van der Waals surface area contributed by atoms with Crippen LogP contribution in [0.2, 0.25) is 0 Å². The largest absolute Gasteiger partial charge is 0.233 e. The number of allylic oxidation sites excluding steroid dienone is 1. The fourth-order valence-electron chi connectivity index (χ4n) is 9.27. The van der Waals surface area contributed by atoms with Crippen LogP contribution in [0.1, 0.15) is 36.0 Å². The molecule has 0 unspecified atom stereocenters. The molecule has 0 atom stereocenters. The zero-order chi connectivity index (χ0) is 42.0. The summed E-state index contributed by atoms with van der Waals surface area (Å²) in [5.41, 5.74) is 14.7. The molecule has 0 saturated heterocycles. The van der Waals surface area contributed by atoms with Gasteiger partial charge in [-0.2, -0.15) is 0 Å². The van der Waals surface area contributed by atoms with E-state index in [0.717, 1.165) is 64.3 Å². The lowest BCUT2D eigenvalue weighted by molar-refractivity contribution is 0.896. The first-order valence-corrected chi connectivity index (χ1v) is 22.0. The highest BCUT2D eigenvalue weighted by Gasteiger charge is 2.19. The van der Waals surface area contributed by atoms with Crippen molar-refractivity contribution >= 4 is 49.6 Å². The smallest absolute Gasteiger partial charge is 0.160 e. The Morgan fingerprint density at radius 3 is 1.32 bits per heavy atom. The van der Waals surface area contributed by atoms with E-state index in [-0.39, 0.29) is 0 Å². The highest BCUT2D eigenvalue weighted by atomic mass is 14.9. The van der Waals surface area contributed by atoms with Crippen molar-refractivity contribution in [1.29, 1.82) is 0 Å². The first-order chi connectivity index (χ1) is 31.2. The van der Waals surface area contributed by atoms with Crippen LogP contribution in [0.5, 0.6) is 0 Å². The monoisotopic (exact) mass is 804 g/mol. The van der Waals surface area contributed by atoms with Gasteiger partial charge in [0.1, 0.15) is 0 Å². The minimum atomic E-state index is 0.723. The molecule has 0 fully saturated rings. The molecule has 2 nitrogen and oxygen atoms in total. The molecule has 2 heteroatoms. The number of benzene rings is 10. The minimum absolute atomic E-state index is 0.723. The zero-order valence-electron chi connectivity index (χ0n) is 35.0. The standard InChI is InChI=1S/C61H44N2/c1-5-20-42(21-6-1)48-37-49(43-22-7-2-8-23-43)39-50(38-48)46-28-19-29-47(36-46)51-40-56-54-32-14-13-30-52(54)53-31-15-16-33-55(53)60(56)57(41-51)59-35-18-17-34-58(44-24-9-3-10-25-44)62-61(63-59)45-26-11-4-12-27-45/h1-16,19-33,35-41H,17-18,34H2. The summed E-state index contributed by atoms with van der Waals surface area (Å²) in [7, 11) is 0. The Morgan fingerprint density at radius 1 is 0.302 bits per heavy atom. The summed E-state index contributed by atoms with van der Waals surface area (Å²) in [5, 5.41) is 7.36. The molecule has 1 heterocycles. The number of amidine groups is 1. The molecule has 0 saturated carbocycles. The van der Waals surface area contributed by atoms with Gasteiger partial charge in [0.15, 0.2) is 5.84 Å². The maximum Gasteiger partial charge on any atom is 0.160 e. The van der Waals surface area contributed by atoms with Crippen molar-refractivity contribution in [3.8, 4) is 44.5 Å². The van der Waals surface area contributed by atoms with Crippen molar-refractivity contribution in [2.45, 2.75) is 19.3 Å². The predicted octanol–water partition coefficient (Wildman–Crippen LogP) is 16.3. The zero-order valence-corrected chi connectivity index (χ0v) is 35.0. The Morgan fingerprint density at radius 2 is 0.730 bits per heavy atom. The van der Waals surface area contributed by atoms with Crippen molar-refractivity contribution in [3.63, 3.8) is 0 Å². The predicted molar refractivity (Wildman–Crippen MR) is 268 cm³/mol. The maximum absolute atomic E-state index is 5.62. The second-order valence-corrected chi connectivity index (χ2v) is 16.4. The van der Waals surface area contributed by atoms with Crippen molar-refractivity contribution < 1.29 is 0 Å². The number of nitrogens with zero attached hydrogens (tertiary/aromatic N) is 2. The van der Waals surface area contributed by atoms with Gasteiger partial charge in [-0.1, -0.05) is 194 Å². The molecule has 1 aliphatic heterocycles. The van der Waals surface area contributed by atoms with E-state index in [4.69, 9.17) is 9.98 Å². The average molecular weight is 805 g/mol. The van der Waals surface area contributed by atoms with Gasteiger partial charge in [0, 0.05) is 11.1 Å². The van der Waals surface area contributed by atoms with Crippen LogP contribution in [0.3, 0.4) is 0 Å². The number of hydrogen-bond acceptors (Lipinski definition) is 2. The second-order valence-electron chi connectivity index (χ2n) is 16.4. The summed E-state index contributed by atoms with van der Waals surface area (Å²) >= 11 is 0. The van der Waals surface area contributed by atoms with E-state index in [0.29, 0.717) is 0 Å². The third-order valence-electron chi connectivity index (χ3n) is 12.4. The van der Waals surface area contributed by atoms with Crippen LogP contribution in [-0.4, -0.2) is 11.5 Å². The van der Waals surface area contributed by atoms with Gasteiger partial charge in [0.25, 0.3) is 0 Å². The van der Waals surface area contributed by atoms with Crippen molar-refractivity contribution in [1.82, 2.24) is 0 Å². The molecule has 0 amide bonds.